The molecular weight excluding hydrogens is 328 g/mol. The summed E-state index contributed by atoms with van der Waals surface area (Å²) in [7, 11) is 1.96. The van der Waals surface area contributed by atoms with E-state index in [1.54, 1.807) is 0 Å². The minimum Gasteiger partial charge on any atom is -0.338 e. The fourth-order valence-electron chi connectivity index (χ4n) is 2.44. The summed E-state index contributed by atoms with van der Waals surface area (Å²) < 4.78 is 0.893. The second-order valence-electron chi connectivity index (χ2n) is 4.95. The van der Waals surface area contributed by atoms with Crippen LogP contribution in [-0.4, -0.2) is 37.5 Å². The molecule has 1 aromatic carbocycles. The van der Waals surface area contributed by atoms with Gasteiger partial charge in [-0.1, -0.05) is 6.07 Å². The van der Waals surface area contributed by atoms with E-state index in [9.17, 15) is 4.79 Å². The monoisotopic (exact) mass is 346 g/mol. The lowest BCUT2D eigenvalue weighted by molar-refractivity contribution is 0.0786. The van der Waals surface area contributed by atoms with Crippen LogP contribution < -0.4 is 5.32 Å². The van der Waals surface area contributed by atoms with Gasteiger partial charge in [-0.2, -0.15) is 0 Å². The number of benzene rings is 1. The van der Waals surface area contributed by atoms with Crippen molar-refractivity contribution in [2.45, 2.75) is 13.3 Å². The van der Waals surface area contributed by atoms with E-state index in [1.807, 2.05) is 37.1 Å². The average molecular weight is 348 g/mol. The molecule has 1 aliphatic rings. The largest absolute Gasteiger partial charge is 0.338 e. The van der Waals surface area contributed by atoms with Crippen molar-refractivity contribution in [3.8, 4) is 0 Å². The second kappa shape index (κ2) is 7.27. The van der Waals surface area contributed by atoms with Crippen molar-refractivity contribution in [1.29, 1.82) is 0 Å². The normalized spacial score (nSPS) is 18.3. The van der Waals surface area contributed by atoms with E-state index in [2.05, 4.69) is 21.2 Å². The summed E-state index contributed by atoms with van der Waals surface area (Å²) in [6, 6.07) is 5.89. The van der Waals surface area contributed by atoms with E-state index in [4.69, 9.17) is 0 Å². The zero-order chi connectivity index (χ0) is 13.1. The maximum absolute atomic E-state index is 12.4. The third-order valence-corrected chi connectivity index (χ3v) is 4.08. The third kappa shape index (κ3) is 3.94. The first-order chi connectivity index (χ1) is 8.61. The van der Waals surface area contributed by atoms with E-state index in [0.717, 1.165) is 41.7 Å². The molecule has 0 saturated carbocycles. The number of amides is 1. The number of likely N-dealkylation sites (tertiary alicyclic amines) is 1. The first-order valence-corrected chi connectivity index (χ1v) is 7.11. The van der Waals surface area contributed by atoms with Gasteiger partial charge < -0.3 is 10.2 Å². The van der Waals surface area contributed by atoms with Gasteiger partial charge in [0.2, 0.25) is 0 Å². The van der Waals surface area contributed by atoms with E-state index in [1.165, 1.54) is 0 Å². The van der Waals surface area contributed by atoms with E-state index >= 15 is 0 Å². The van der Waals surface area contributed by atoms with Crippen molar-refractivity contribution < 1.29 is 4.79 Å². The summed E-state index contributed by atoms with van der Waals surface area (Å²) in [5.41, 5.74) is 1.93. The lowest BCUT2D eigenvalue weighted by atomic mass is 10.1. The number of carbonyl (C=O) groups is 1. The quantitative estimate of drug-likeness (QED) is 0.912. The van der Waals surface area contributed by atoms with Gasteiger partial charge in [0.25, 0.3) is 5.91 Å². The third-order valence-electron chi connectivity index (χ3n) is 3.42. The Balaban J connectivity index is 0.00000180. The Bertz CT molecular complexity index is 453. The molecule has 1 unspecified atom stereocenters. The molecule has 19 heavy (non-hydrogen) atoms. The first-order valence-electron chi connectivity index (χ1n) is 6.32. The van der Waals surface area contributed by atoms with Crippen molar-refractivity contribution in [1.82, 2.24) is 10.2 Å². The molecule has 1 heterocycles. The van der Waals surface area contributed by atoms with Gasteiger partial charge in [0.05, 0.1) is 5.56 Å². The Hall–Kier alpha value is -0.580. The van der Waals surface area contributed by atoms with Crippen LogP contribution in [0.4, 0.5) is 0 Å². The Morgan fingerprint density at radius 2 is 2.26 bits per heavy atom. The molecule has 3 nitrogen and oxygen atoms in total. The van der Waals surface area contributed by atoms with Crippen molar-refractivity contribution in [3.63, 3.8) is 0 Å². The van der Waals surface area contributed by atoms with Gasteiger partial charge in [0.15, 0.2) is 0 Å². The first kappa shape index (κ1) is 16.5. The van der Waals surface area contributed by atoms with Gasteiger partial charge in [-0.15, -0.1) is 12.4 Å². The fourth-order valence-corrected chi connectivity index (χ4v) is 3.10. The highest BCUT2D eigenvalue weighted by molar-refractivity contribution is 9.10. The molecule has 1 fully saturated rings. The SMILES string of the molecule is CNCC1CCN(C(=O)c2ccc(C)cc2Br)C1.Cl. The number of hydrogen-bond donors (Lipinski definition) is 1. The number of carbonyl (C=O) groups excluding carboxylic acids is 1. The smallest absolute Gasteiger partial charge is 0.255 e. The van der Waals surface area contributed by atoms with Crippen LogP contribution in [0.2, 0.25) is 0 Å². The van der Waals surface area contributed by atoms with Crippen LogP contribution in [0.1, 0.15) is 22.3 Å². The standard InChI is InChI=1S/C14H19BrN2O.ClH/c1-10-3-4-12(13(15)7-10)14(18)17-6-5-11(9-17)8-16-2;/h3-4,7,11,16H,5-6,8-9H2,1-2H3;1H. The summed E-state index contributed by atoms with van der Waals surface area (Å²) in [6.07, 6.45) is 1.09. The lowest BCUT2D eigenvalue weighted by Gasteiger charge is -2.17. The van der Waals surface area contributed by atoms with Gasteiger partial charge in [-0.3, -0.25) is 4.79 Å². The lowest BCUT2D eigenvalue weighted by Crippen LogP contribution is -2.30. The molecule has 0 aromatic heterocycles. The summed E-state index contributed by atoms with van der Waals surface area (Å²) >= 11 is 3.48. The number of nitrogens with one attached hydrogen (secondary N) is 1. The minimum absolute atomic E-state index is 0. The minimum atomic E-state index is 0. The zero-order valence-electron chi connectivity index (χ0n) is 11.3. The summed E-state index contributed by atoms with van der Waals surface area (Å²) in [6.45, 7) is 4.74. The highest BCUT2D eigenvalue weighted by Crippen LogP contribution is 2.23. The molecule has 0 aliphatic carbocycles. The molecule has 5 heteroatoms. The van der Waals surface area contributed by atoms with E-state index in [0.29, 0.717) is 5.92 Å². The molecule has 1 saturated heterocycles. The molecular formula is C14H20BrClN2O. The topological polar surface area (TPSA) is 32.3 Å². The van der Waals surface area contributed by atoms with Crippen LogP contribution in [0, 0.1) is 12.8 Å². The summed E-state index contributed by atoms with van der Waals surface area (Å²) in [5, 5.41) is 3.18. The maximum atomic E-state index is 12.4. The molecule has 1 atom stereocenters. The molecule has 1 aromatic rings. The maximum Gasteiger partial charge on any atom is 0.255 e. The molecule has 0 spiro atoms. The highest BCUT2D eigenvalue weighted by Gasteiger charge is 2.27. The summed E-state index contributed by atoms with van der Waals surface area (Å²) in [5.74, 6) is 0.726. The number of rotatable bonds is 3. The van der Waals surface area contributed by atoms with Gasteiger partial charge in [-0.05, 0) is 66.5 Å². The molecule has 1 N–H and O–H groups in total. The zero-order valence-corrected chi connectivity index (χ0v) is 13.7. The Morgan fingerprint density at radius 1 is 1.53 bits per heavy atom. The average Bonchev–Trinajstić information content (AvgIpc) is 2.77. The van der Waals surface area contributed by atoms with Crippen molar-refractivity contribution in [2.24, 2.45) is 5.92 Å². The van der Waals surface area contributed by atoms with Gasteiger partial charge >= 0.3 is 0 Å². The molecule has 0 bridgehead atoms. The molecule has 2 rings (SSSR count). The number of aryl methyl sites for hydroxylation is 1. The van der Waals surface area contributed by atoms with Crippen molar-refractivity contribution in [2.75, 3.05) is 26.7 Å². The predicted octanol–water partition coefficient (Wildman–Crippen LogP) is 2.86. The predicted molar refractivity (Wildman–Crippen MR) is 84.1 cm³/mol. The van der Waals surface area contributed by atoms with Crippen molar-refractivity contribution >= 4 is 34.2 Å². The van der Waals surface area contributed by atoms with Gasteiger partial charge in [0, 0.05) is 17.6 Å². The number of halogens is 2. The number of hydrogen-bond acceptors (Lipinski definition) is 2. The van der Waals surface area contributed by atoms with Crippen LogP contribution in [-0.2, 0) is 0 Å². The Morgan fingerprint density at radius 3 is 2.89 bits per heavy atom. The fraction of sp³-hybridized carbons (Fsp3) is 0.500. The van der Waals surface area contributed by atoms with Crippen LogP contribution in [0.15, 0.2) is 22.7 Å². The van der Waals surface area contributed by atoms with Gasteiger partial charge in [-0.25, -0.2) is 0 Å². The Kier molecular flexibility index (Phi) is 6.30. The van der Waals surface area contributed by atoms with E-state index < -0.39 is 0 Å². The second-order valence-corrected chi connectivity index (χ2v) is 5.80. The van der Waals surface area contributed by atoms with Gasteiger partial charge in [0.1, 0.15) is 0 Å². The van der Waals surface area contributed by atoms with Crippen LogP contribution >= 0.6 is 28.3 Å². The van der Waals surface area contributed by atoms with Crippen LogP contribution in [0.5, 0.6) is 0 Å². The molecule has 106 valence electrons. The van der Waals surface area contributed by atoms with Crippen molar-refractivity contribution in [3.05, 3.63) is 33.8 Å². The molecule has 1 amide bonds. The van der Waals surface area contributed by atoms with E-state index in [-0.39, 0.29) is 18.3 Å². The van der Waals surface area contributed by atoms with Crippen LogP contribution in [0.3, 0.4) is 0 Å². The number of nitrogens with zero attached hydrogens (tertiary/aromatic N) is 1. The highest BCUT2D eigenvalue weighted by atomic mass is 79.9. The Labute approximate surface area is 129 Å². The molecule has 1 aliphatic heterocycles. The van der Waals surface area contributed by atoms with Crippen LogP contribution in [0.25, 0.3) is 0 Å². The summed E-state index contributed by atoms with van der Waals surface area (Å²) in [4.78, 5) is 14.4. The molecule has 0 radical (unpaired) electrons.